The molecule has 2 amide bonds. The van der Waals surface area contributed by atoms with Crippen LogP contribution in [-0.4, -0.2) is 59.3 Å². The van der Waals surface area contributed by atoms with Crippen molar-refractivity contribution >= 4 is 48.3 Å². The molecule has 1 aromatic heterocycles. The molecule has 12 heteroatoms. The number of ether oxygens (including phenoxy) is 1. The summed E-state index contributed by atoms with van der Waals surface area (Å²) in [6.07, 6.45) is 0.631. The molecule has 268 valence electrons. The zero-order valence-corrected chi connectivity index (χ0v) is 31.0. The fourth-order valence-corrected chi connectivity index (χ4v) is 10.8. The zero-order valence-electron chi connectivity index (χ0n) is 29.2. The van der Waals surface area contributed by atoms with Gasteiger partial charge in [-0.1, -0.05) is 79.2 Å². The van der Waals surface area contributed by atoms with E-state index < -0.39 is 31.6 Å². The number of rotatable bonds is 10. The van der Waals surface area contributed by atoms with Crippen LogP contribution in [0.25, 0.3) is 16.5 Å². The lowest BCUT2D eigenvalue weighted by Gasteiger charge is -2.31. The van der Waals surface area contributed by atoms with E-state index in [0.717, 1.165) is 16.5 Å². The Bertz CT molecular complexity index is 2200. The molecule has 52 heavy (non-hydrogen) atoms. The van der Waals surface area contributed by atoms with Gasteiger partial charge in [0.25, 0.3) is 11.5 Å². The first kappa shape index (κ1) is 35.7. The van der Waals surface area contributed by atoms with Crippen LogP contribution < -0.4 is 10.5 Å². The Balaban J connectivity index is 1.19. The number of aromatic nitrogens is 2. The van der Waals surface area contributed by atoms with Crippen molar-refractivity contribution in [1.82, 2.24) is 14.7 Å². The highest BCUT2D eigenvalue weighted by Gasteiger charge is 2.67. The second-order valence-corrected chi connectivity index (χ2v) is 18.4. The number of hydrogen-bond donors (Lipinski definition) is 1. The number of halogens is 2. The van der Waals surface area contributed by atoms with Crippen molar-refractivity contribution in [3.8, 4) is 5.69 Å². The number of benzene rings is 4. The molecule has 7 rings (SSSR count). The summed E-state index contributed by atoms with van der Waals surface area (Å²) in [5.74, 6) is -1.24. The molecule has 4 aromatic carbocycles. The van der Waals surface area contributed by atoms with Crippen molar-refractivity contribution in [1.29, 1.82) is 0 Å². The molecular weight excluding hydrogens is 699 g/mol. The van der Waals surface area contributed by atoms with Gasteiger partial charge in [0.15, 0.2) is 5.60 Å². The molecular formula is C40H40ClFN4O5Si. The molecule has 3 heterocycles. The number of hydrogen-bond acceptors (Lipinski definition) is 6. The highest BCUT2D eigenvalue weighted by molar-refractivity contribution is 6.72. The molecule has 5 aromatic rings. The van der Waals surface area contributed by atoms with Gasteiger partial charge in [0.1, 0.15) is 0 Å². The summed E-state index contributed by atoms with van der Waals surface area (Å²) in [7, 11) is -3.54. The van der Waals surface area contributed by atoms with Crippen molar-refractivity contribution in [3.05, 3.63) is 135 Å². The average molecular weight is 739 g/mol. The fourth-order valence-electron chi connectivity index (χ4n) is 8.09. The van der Waals surface area contributed by atoms with E-state index in [0.29, 0.717) is 27.3 Å². The second kappa shape index (κ2) is 14.0. The maximum atomic E-state index is 16.4. The third kappa shape index (κ3) is 6.36. The molecule has 4 atom stereocenters. The van der Waals surface area contributed by atoms with Crippen molar-refractivity contribution in [3.63, 3.8) is 0 Å². The topological polar surface area (TPSA) is 105 Å². The van der Waals surface area contributed by atoms with Crippen molar-refractivity contribution in [2.24, 2.45) is 5.92 Å². The summed E-state index contributed by atoms with van der Waals surface area (Å²) in [6, 6.07) is 29.2. The minimum absolute atomic E-state index is 0.109. The minimum Gasteiger partial charge on any atom is -0.395 e. The lowest BCUT2D eigenvalue weighted by molar-refractivity contribution is -0.150. The number of carbonyl (C=O) groups excluding carboxylic acids is 2. The van der Waals surface area contributed by atoms with Gasteiger partial charge >= 0.3 is 0 Å². The van der Waals surface area contributed by atoms with Crippen LogP contribution in [-0.2, 0) is 33.0 Å². The summed E-state index contributed by atoms with van der Waals surface area (Å²) in [6.45, 7) is 5.37. The van der Waals surface area contributed by atoms with Crippen molar-refractivity contribution in [2.75, 3.05) is 18.1 Å². The van der Waals surface area contributed by atoms with Crippen LogP contribution >= 0.6 is 11.6 Å². The minimum atomic E-state index is -3.54. The third-order valence-corrected chi connectivity index (χ3v) is 13.1. The SMILES string of the molecule is C[C@H]1[C@H]([Si](C)(C)F)[C@@H](CC(=O)N(CCO)Cc2ccccc2)O[C@]12C(=O)N(Cc1ccc(-n3ncc4ccccc4c3=O)cc1)c1ccc(Cl)cc12. The third-order valence-electron chi connectivity index (χ3n) is 10.5. The molecule has 1 spiro atoms. The molecule has 0 aliphatic carbocycles. The van der Waals surface area contributed by atoms with Crippen molar-refractivity contribution in [2.45, 2.75) is 56.8 Å². The largest absolute Gasteiger partial charge is 0.395 e. The quantitative estimate of drug-likeness (QED) is 0.125. The number of amides is 2. The van der Waals surface area contributed by atoms with Gasteiger partial charge in [-0.2, -0.15) is 9.78 Å². The summed E-state index contributed by atoms with van der Waals surface area (Å²) < 4.78 is 24.5. The first-order valence-electron chi connectivity index (χ1n) is 17.4. The zero-order chi connectivity index (χ0) is 36.8. The number of nitrogens with zero attached hydrogens (tertiary/aromatic N) is 4. The summed E-state index contributed by atoms with van der Waals surface area (Å²) >= 11 is 6.54. The Morgan fingerprint density at radius 3 is 2.42 bits per heavy atom. The normalized spacial score (nSPS) is 21.2. The van der Waals surface area contributed by atoms with Crippen molar-refractivity contribution < 1.29 is 23.5 Å². The summed E-state index contributed by atoms with van der Waals surface area (Å²) in [5, 5.41) is 15.9. The van der Waals surface area contributed by atoms with E-state index in [4.69, 9.17) is 16.3 Å². The van der Waals surface area contributed by atoms with Gasteiger partial charge in [0.05, 0.1) is 48.6 Å². The van der Waals surface area contributed by atoms with Crippen LogP contribution in [0, 0.1) is 5.92 Å². The fraction of sp³-hybridized carbons (Fsp3) is 0.300. The lowest BCUT2D eigenvalue weighted by Crippen LogP contribution is -2.45. The Morgan fingerprint density at radius 2 is 1.71 bits per heavy atom. The maximum Gasteiger partial charge on any atom is 0.279 e. The number of aliphatic hydroxyl groups is 1. The van der Waals surface area contributed by atoms with Gasteiger partial charge in [-0.05, 0) is 60.6 Å². The smallest absolute Gasteiger partial charge is 0.279 e. The predicted octanol–water partition coefficient (Wildman–Crippen LogP) is 6.77. The van der Waals surface area contributed by atoms with Crippen LogP contribution in [0.3, 0.4) is 0 Å². The van der Waals surface area contributed by atoms with Gasteiger partial charge in [-0.15, -0.1) is 0 Å². The molecule has 1 fully saturated rings. The molecule has 0 unspecified atom stereocenters. The molecule has 0 bridgehead atoms. The number of anilines is 1. The Hall–Kier alpha value is -4.68. The summed E-state index contributed by atoms with van der Waals surface area (Å²) in [4.78, 5) is 45.1. The molecule has 1 saturated heterocycles. The molecule has 0 saturated carbocycles. The van der Waals surface area contributed by atoms with E-state index >= 15 is 4.11 Å². The van der Waals surface area contributed by atoms with Gasteiger partial charge < -0.3 is 23.8 Å². The number of carbonyl (C=O) groups is 2. The summed E-state index contributed by atoms with van der Waals surface area (Å²) in [5.41, 5.74) is 0.945. The lowest BCUT2D eigenvalue weighted by atomic mass is 9.82. The van der Waals surface area contributed by atoms with E-state index in [-0.39, 0.29) is 50.0 Å². The van der Waals surface area contributed by atoms with Crippen LogP contribution in [0.4, 0.5) is 9.80 Å². The first-order valence-corrected chi connectivity index (χ1v) is 20.7. The molecule has 0 radical (unpaired) electrons. The van der Waals surface area contributed by atoms with Gasteiger partial charge in [-0.25, -0.2) is 0 Å². The predicted molar refractivity (Wildman–Crippen MR) is 202 cm³/mol. The Morgan fingerprint density at radius 1 is 1.00 bits per heavy atom. The van der Waals surface area contributed by atoms with Gasteiger partial charge in [0, 0.05) is 40.5 Å². The Kier molecular flexibility index (Phi) is 9.64. The van der Waals surface area contributed by atoms with E-state index in [1.807, 2.05) is 67.6 Å². The average Bonchev–Trinajstić information content (AvgIpc) is 3.55. The van der Waals surface area contributed by atoms with Crippen LogP contribution in [0.15, 0.2) is 108 Å². The van der Waals surface area contributed by atoms with Crippen LogP contribution in [0.1, 0.15) is 30.0 Å². The molecule has 1 N–H and O–H groups in total. The van der Waals surface area contributed by atoms with E-state index in [9.17, 15) is 19.5 Å². The van der Waals surface area contributed by atoms with E-state index in [2.05, 4.69) is 5.10 Å². The molecule has 9 nitrogen and oxygen atoms in total. The maximum absolute atomic E-state index is 16.4. The number of aliphatic hydroxyl groups excluding tert-OH is 1. The van der Waals surface area contributed by atoms with Gasteiger partial charge in [-0.3, -0.25) is 14.4 Å². The van der Waals surface area contributed by atoms with E-state index in [1.54, 1.807) is 65.5 Å². The van der Waals surface area contributed by atoms with Gasteiger partial charge in [0.2, 0.25) is 14.3 Å². The standard InChI is InChI=1S/C40H40ClFN4O5Si/c1-26-37(52(2,3)42)35(22-36(48)44(19-20-47)24-27-9-5-4-6-10-27)51-40(26)33-21-30(41)15-18-34(33)45(39(40)50)25-28-13-16-31(17-14-28)46-38(49)32-12-8-7-11-29(32)23-43-46/h4-18,21,23,26,35,37,47H,19-20,22,24-25H2,1-3H3/t26-,35+,37-,40+/m0/s1. The van der Waals surface area contributed by atoms with Crippen LogP contribution in [0.5, 0.6) is 0 Å². The monoisotopic (exact) mass is 738 g/mol. The molecule has 2 aliphatic rings. The van der Waals surface area contributed by atoms with E-state index in [1.165, 1.54) is 4.68 Å². The first-order chi connectivity index (χ1) is 24.9. The highest BCUT2D eigenvalue weighted by atomic mass is 35.5. The van der Waals surface area contributed by atoms with Crippen LogP contribution in [0.2, 0.25) is 23.7 Å². The Labute approximate surface area is 307 Å². The second-order valence-electron chi connectivity index (χ2n) is 14.2. The molecule has 2 aliphatic heterocycles. The highest BCUT2D eigenvalue weighted by Crippen LogP contribution is 2.60. The number of fused-ring (bicyclic) bond motifs is 3.